The van der Waals surface area contributed by atoms with Crippen molar-refractivity contribution in [2.45, 2.75) is 99.3 Å². The molecule has 0 bridgehead atoms. The van der Waals surface area contributed by atoms with Crippen LogP contribution in [-0.2, 0) is 9.53 Å². The average molecular weight is 339 g/mol. The number of carbonyl (C=O) groups is 1. The summed E-state index contributed by atoms with van der Waals surface area (Å²) in [7, 11) is 0. The number of rotatable bonds is 14. The topological polar surface area (TPSA) is 26.3 Å². The molecule has 0 radical (unpaired) electrons. The molecule has 0 aromatic rings. The van der Waals surface area contributed by atoms with Crippen LogP contribution in [0, 0.1) is 17.8 Å². The summed E-state index contributed by atoms with van der Waals surface area (Å²) in [6.45, 7) is 13.5. The summed E-state index contributed by atoms with van der Waals surface area (Å²) in [6, 6.07) is 0. The molecule has 0 N–H and O–H groups in total. The van der Waals surface area contributed by atoms with Crippen LogP contribution in [0.15, 0.2) is 11.6 Å². The summed E-state index contributed by atoms with van der Waals surface area (Å²) in [5.74, 6) is 2.37. The number of hydrogen-bond donors (Lipinski definition) is 0. The number of allylic oxidation sites excluding steroid dienone is 1. The SMILES string of the molecule is CC(=O)OC/C=C(/C)CCC[C@H](C)CCC[C@H](C)CCCC(C)C. The third kappa shape index (κ3) is 16.1. The summed E-state index contributed by atoms with van der Waals surface area (Å²) in [5.41, 5.74) is 1.34. The highest BCUT2D eigenvalue weighted by atomic mass is 16.5. The van der Waals surface area contributed by atoms with Gasteiger partial charge in [-0.25, -0.2) is 0 Å². The third-order valence-electron chi connectivity index (χ3n) is 4.86. The number of esters is 1. The molecule has 0 saturated carbocycles. The molecule has 0 spiro atoms. The molecule has 24 heavy (non-hydrogen) atoms. The van der Waals surface area contributed by atoms with Crippen LogP contribution in [0.1, 0.15) is 99.3 Å². The molecule has 0 rings (SSSR count). The van der Waals surface area contributed by atoms with E-state index in [1.54, 1.807) is 0 Å². The molecule has 0 aromatic carbocycles. The third-order valence-corrected chi connectivity index (χ3v) is 4.86. The van der Waals surface area contributed by atoms with Crippen molar-refractivity contribution in [2.75, 3.05) is 6.61 Å². The molecule has 2 nitrogen and oxygen atoms in total. The first-order valence-corrected chi connectivity index (χ1v) is 10.1. The second-order valence-electron chi connectivity index (χ2n) is 8.21. The molecule has 0 saturated heterocycles. The van der Waals surface area contributed by atoms with Crippen LogP contribution in [-0.4, -0.2) is 12.6 Å². The fourth-order valence-electron chi connectivity index (χ4n) is 3.11. The Morgan fingerprint density at radius 1 is 0.833 bits per heavy atom. The Morgan fingerprint density at radius 3 is 1.83 bits per heavy atom. The van der Waals surface area contributed by atoms with Crippen molar-refractivity contribution >= 4 is 5.97 Å². The number of ether oxygens (including phenoxy) is 1. The van der Waals surface area contributed by atoms with Crippen molar-refractivity contribution in [3.63, 3.8) is 0 Å². The molecule has 0 unspecified atom stereocenters. The largest absolute Gasteiger partial charge is 0.462 e. The van der Waals surface area contributed by atoms with E-state index in [1.807, 2.05) is 6.08 Å². The Labute approximate surface area is 151 Å². The van der Waals surface area contributed by atoms with Gasteiger partial charge < -0.3 is 4.74 Å². The summed E-state index contributed by atoms with van der Waals surface area (Å²) in [6.07, 6.45) is 14.0. The molecule has 2 atom stereocenters. The summed E-state index contributed by atoms with van der Waals surface area (Å²) in [5, 5.41) is 0. The summed E-state index contributed by atoms with van der Waals surface area (Å²) >= 11 is 0. The molecule has 0 amide bonds. The van der Waals surface area contributed by atoms with Crippen molar-refractivity contribution < 1.29 is 9.53 Å². The smallest absolute Gasteiger partial charge is 0.302 e. The maximum Gasteiger partial charge on any atom is 0.302 e. The van der Waals surface area contributed by atoms with Gasteiger partial charge in [0, 0.05) is 6.92 Å². The van der Waals surface area contributed by atoms with Gasteiger partial charge in [0.05, 0.1) is 0 Å². The minimum Gasteiger partial charge on any atom is -0.462 e. The van der Waals surface area contributed by atoms with Crippen LogP contribution in [0.5, 0.6) is 0 Å². The minimum atomic E-state index is -0.203. The minimum absolute atomic E-state index is 0.203. The highest BCUT2D eigenvalue weighted by molar-refractivity contribution is 5.66. The van der Waals surface area contributed by atoms with E-state index in [0.717, 1.165) is 24.2 Å². The van der Waals surface area contributed by atoms with Gasteiger partial charge in [0.1, 0.15) is 6.61 Å². The zero-order valence-electron chi connectivity index (χ0n) is 17.2. The Hall–Kier alpha value is -0.790. The van der Waals surface area contributed by atoms with Gasteiger partial charge >= 0.3 is 5.97 Å². The van der Waals surface area contributed by atoms with Crippen LogP contribution in [0.2, 0.25) is 0 Å². The fourth-order valence-corrected chi connectivity index (χ4v) is 3.11. The van der Waals surface area contributed by atoms with Crippen LogP contribution >= 0.6 is 0 Å². The first-order chi connectivity index (χ1) is 11.3. The normalized spacial score (nSPS) is 14.7. The van der Waals surface area contributed by atoms with Crippen LogP contribution in [0.3, 0.4) is 0 Å². The molecule has 0 aliphatic rings. The Morgan fingerprint density at radius 2 is 1.33 bits per heavy atom. The molecular weight excluding hydrogens is 296 g/mol. The summed E-state index contributed by atoms with van der Waals surface area (Å²) in [4.78, 5) is 10.7. The molecule has 142 valence electrons. The standard InChI is InChI=1S/C22H42O2/c1-18(2)10-7-11-19(3)12-8-13-20(4)14-9-15-21(5)16-17-24-22(6)23/h16,18-20H,7-15,17H2,1-6H3/b21-16-/t19-,20-/m1/s1. The van der Waals surface area contributed by atoms with Crippen molar-refractivity contribution in [1.29, 1.82) is 0 Å². The van der Waals surface area contributed by atoms with E-state index < -0.39 is 0 Å². The lowest BCUT2D eigenvalue weighted by molar-refractivity contribution is -0.139. The van der Waals surface area contributed by atoms with Crippen molar-refractivity contribution in [1.82, 2.24) is 0 Å². The van der Waals surface area contributed by atoms with E-state index in [1.165, 1.54) is 63.9 Å². The maximum absolute atomic E-state index is 10.7. The van der Waals surface area contributed by atoms with Crippen molar-refractivity contribution in [3.05, 3.63) is 11.6 Å². The number of hydrogen-bond acceptors (Lipinski definition) is 2. The van der Waals surface area contributed by atoms with Gasteiger partial charge in [0.15, 0.2) is 0 Å². The van der Waals surface area contributed by atoms with E-state index in [4.69, 9.17) is 4.74 Å². The lowest BCUT2D eigenvalue weighted by Gasteiger charge is -2.15. The molecular formula is C22H42O2. The molecule has 0 fully saturated rings. The first-order valence-electron chi connectivity index (χ1n) is 10.1. The van der Waals surface area contributed by atoms with E-state index in [2.05, 4.69) is 34.6 Å². The zero-order chi connectivity index (χ0) is 18.4. The van der Waals surface area contributed by atoms with E-state index in [-0.39, 0.29) is 5.97 Å². The molecule has 0 heterocycles. The van der Waals surface area contributed by atoms with Crippen LogP contribution in [0.25, 0.3) is 0 Å². The van der Waals surface area contributed by atoms with E-state index in [0.29, 0.717) is 6.61 Å². The van der Waals surface area contributed by atoms with Gasteiger partial charge in [0.25, 0.3) is 0 Å². The zero-order valence-corrected chi connectivity index (χ0v) is 17.2. The Kier molecular flexibility index (Phi) is 14.1. The molecule has 0 aliphatic carbocycles. The van der Waals surface area contributed by atoms with Crippen LogP contribution < -0.4 is 0 Å². The maximum atomic E-state index is 10.7. The lowest BCUT2D eigenvalue weighted by Crippen LogP contribution is -2.00. The van der Waals surface area contributed by atoms with Gasteiger partial charge in [-0.05, 0) is 43.6 Å². The molecule has 0 aliphatic heterocycles. The summed E-state index contributed by atoms with van der Waals surface area (Å²) < 4.78 is 4.94. The van der Waals surface area contributed by atoms with Gasteiger partial charge in [0.2, 0.25) is 0 Å². The Bertz CT molecular complexity index is 344. The van der Waals surface area contributed by atoms with Crippen LogP contribution in [0.4, 0.5) is 0 Å². The van der Waals surface area contributed by atoms with Gasteiger partial charge in [-0.15, -0.1) is 0 Å². The quantitative estimate of drug-likeness (QED) is 0.253. The van der Waals surface area contributed by atoms with E-state index in [9.17, 15) is 4.79 Å². The lowest BCUT2D eigenvalue weighted by atomic mass is 9.91. The highest BCUT2D eigenvalue weighted by Crippen LogP contribution is 2.21. The average Bonchev–Trinajstić information content (AvgIpc) is 2.46. The van der Waals surface area contributed by atoms with Gasteiger partial charge in [-0.1, -0.05) is 78.2 Å². The van der Waals surface area contributed by atoms with Gasteiger partial charge in [-0.3, -0.25) is 4.79 Å². The monoisotopic (exact) mass is 338 g/mol. The fraction of sp³-hybridized carbons (Fsp3) is 0.864. The first kappa shape index (κ1) is 23.2. The molecule has 0 aromatic heterocycles. The Balaban J connectivity index is 3.61. The second kappa shape index (κ2) is 14.5. The van der Waals surface area contributed by atoms with Crippen molar-refractivity contribution in [2.24, 2.45) is 17.8 Å². The van der Waals surface area contributed by atoms with Crippen molar-refractivity contribution in [3.8, 4) is 0 Å². The molecule has 2 heteroatoms. The highest BCUT2D eigenvalue weighted by Gasteiger charge is 2.06. The second-order valence-corrected chi connectivity index (χ2v) is 8.21. The predicted octanol–water partition coefficient (Wildman–Crippen LogP) is 6.93. The number of carbonyl (C=O) groups excluding carboxylic acids is 1. The predicted molar refractivity (Wildman–Crippen MR) is 105 cm³/mol. The van der Waals surface area contributed by atoms with E-state index >= 15 is 0 Å². The van der Waals surface area contributed by atoms with Gasteiger partial charge in [-0.2, -0.15) is 0 Å².